The van der Waals surface area contributed by atoms with Crippen molar-refractivity contribution in [3.63, 3.8) is 0 Å². The summed E-state index contributed by atoms with van der Waals surface area (Å²) in [5.41, 5.74) is 19.5. The summed E-state index contributed by atoms with van der Waals surface area (Å²) in [4.78, 5) is 8.38. The smallest absolute Gasteiger partial charge is 0.175 e. The molecule has 2 rings (SSSR count). The number of sulfone groups is 1. The second kappa shape index (κ2) is 8.41. The topological polar surface area (TPSA) is 137 Å². The summed E-state index contributed by atoms with van der Waals surface area (Å²) in [6, 6.07) is 9.66. The molecule has 6 N–H and O–H groups in total. The lowest BCUT2D eigenvalue weighted by Crippen LogP contribution is -2.12. The molecule has 0 spiro atoms. The van der Waals surface area contributed by atoms with Crippen LogP contribution in [0.5, 0.6) is 0 Å². The molecule has 2 aromatic rings. The minimum absolute atomic E-state index is 0.0365. The number of allylic oxidation sites excluding steroid dienone is 2. The lowest BCUT2D eigenvalue weighted by molar-refractivity contribution is 0.602. The number of nitrogen functional groups attached to an aromatic ring is 1. The number of aromatic nitrogens is 1. The SMILES string of the molecule is C=C(N)/N=C(\C(C#Cc1ccc(N)nc1)=C(\C)N)c1cccc(S(C)(=O)=O)c1. The van der Waals surface area contributed by atoms with Gasteiger partial charge < -0.3 is 17.2 Å². The Morgan fingerprint density at radius 2 is 1.93 bits per heavy atom. The van der Waals surface area contributed by atoms with Crippen LogP contribution in [0, 0.1) is 11.8 Å². The lowest BCUT2D eigenvalue weighted by atomic mass is 10.0. The van der Waals surface area contributed by atoms with Crippen LogP contribution in [0.15, 0.2) is 76.2 Å². The molecule has 1 aromatic heterocycles. The predicted octanol–water partition coefficient (Wildman–Crippen LogP) is 1.57. The summed E-state index contributed by atoms with van der Waals surface area (Å²) in [6.07, 6.45) is 2.67. The summed E-state index contributed by atoms with van der Waals surface area (Å²) in [6.45, 7) is 5.27. The third-order valence-electron chi connectivity index (χ3n) is 3.54. The molecule has 0 amide bonds. The quantitative estimate of drug-likeness (QED) is 0.531. The van der Waals surface area contributed by atoms with Crippen LogP contribution in [-0.2, 0) is 9.84 Å². The number of hydrogen-bond donors (Lipinski definition) is 3. The molecule has 0 aliphatic carbocycles. The van der Waals surface area contributed by atoms with Crippen molar-refractivity contribution >= 4 is 21.4 Å². The van der Waals surface area contributed by atoms with Crippen LogP contribution in [0.25, 0.3) is 0 Å². The molecule has 0 aliphatic rings. The van der Waals surface area contributed by atoms with Crippen LogP contribution in [0.3, 0.4) is 0 Å². The highest BCUT2D eigenvalue weighted by molar-refractivity contribution is 7.90. The van der Waals surface area contributed by atoms with E-state index in [1.807, 2.05) is 0 Å². The highest BCUT2D eigenvalue weighted by Gasteiger charge is 2.15. The first kappa shape index (κ1) is 20.7. The van der Waals surface area contributed by atoms with Crippen molar-refractivity contribution in [3.8, 4) is 11.8 Å². The summed E-state index contributed by atoms with van der Waals surface area (Å²) in [7, 11) is -3.40. The Labute approximate surface area is 164 Å². The van der Waals surface area contributed by atoms with Crippen LogP contribution in [0.1, 0.15) is 18.1 Å². The van der Waals surface area contributed by atoms with Gasteiger partial charge in [-0.1, -0.05) is 30.6 Å². The third kappa shape index (κ3) is 5.46. The molecule has 1 aromatic carbocycles. The number of rotatable bonds is 4. The van der Waals surface area contributed by atoms with Crippen molar-refractivity contribution < 1.29 is 8.42 Å². The van der Waals surface area contributed by atoms with Gasteiger partial charge in [-0.25, -0.2) is 18.4 Å². The molecule has 0 bridgehead atoms. The fraction of sp³-hybridized carbons (Fsp3) is 0.100. The molecule has 1 heterocycles. The van der Waals surface area contributed by atoms with Crippen molar-refractivity contribution in [2.24, 2.45) is 16.5 Å². The van der Waals surface area contributed by atoms with Crippen LogP contribution < -0.4 is 17.2 Å². The molecule has 0 fully saturated rings. The lowest BCUT2D eigenvalue weighted by Gasteiger charge is -2.10. The van der Waals surface area contributed by atoms with Crippen molar-refractivity contribution in [2.45, 2.75) is 11.8 Å². The second-order valence-electron chi connectivity index (χ2n) is 6.03. The number of aliphatic imine (C=N–C) groups is 1. The van der Waals surface area contributed by atoms with E-state index in [0.717, 1.165) is 6.26 Å². The standard InChI is InChI=1S/C20H21N5O2S/c1-13(21)18(9-7-15-8-10-19(23)24-12-15)20(25-14(2)22)16-5-4-6-17(11-16)28(3,26)27/h4-6,8,10-12H,2,21-22H2,1,3H3,(H2,23,24)/b18-13-,25-20-. The van der Waals surface area contributed by atoms with E-state index in [0.29, 0.717) is 33.9 Å². The number of hydrogen-bond acceptors (Lipinski definition) is 7. The summed E-state index contributed by atoms with van der Waals surface area (Å²) < 4.78 is 23.8. The molecular formula is C20H21N5O2S. The zero-order valence-corrected chi connectivity index (χ0v) is 16.4. The first-order valence-electron chi connectivity index (χ1n) is 8.12. The second-order valence-corrected chi connectivity index (χ2v) is 8.05. The van der Waals surface area contributed by atoms with E-state index in [1.54, 1.807) is 31.2 Å². The maximum Gasteiger partial charge on any atom is 0.175 e. The Kier molecular flexibility index (Phi) is 6.23. The van der Waals surface area contributed by atoms with Gasteiger partial charge in [-0.15, -0.1) is 0 Å². The van der Waals surface area contributed by atoms with Gasteiger partial charge in [0.15, 0.2) is 9.84 Å². The molecule has 28 heavy (non-hydrogen) atoms. The number of benzene rings is 1. The molecule has 0 aliphatic heterocycles. The van der Waals surface area contributed by atoms with Gasteiger partial charge in [0.25, 0.3) is 0 Å². The molecule has 0 radical (unpaired) electrons. The van der Waals surface area contributed by atoms with Crippen LogP contribution in [0.4, 0.5) is 5.82 Å². The maximum atomic E-state index is 11.9. The Morgan fingerprint density at radius 1 is 1.21 bits per heavy atom. The average Bonchev–Trinajstić information content (AvgIpc) is 2.61. The summed E-state index contributed by atoms with van der Waals surface area (Å²) >= 11 is 0. The Bertz CT molecular complexity index is 1130. The van der Waals surface area contributed by atoms with Crippen molar-refractivity contribution in [2.75, 3.05) is 12.0 Å². The van der Waals surface area contributed by atoms with Crippen molar-refractivity contribution in [3.05, 3.63) is 77.4 Å². The Balaban J connectivity index is 2.62. The molecule has 0 saturated heterocycles. The van der Waals surface area contributed by atoms with E-state index in [9.17, 15) is 8.42 Å². The average molecular weight is 395 g/mol. The van der Waals surface area contributed by atoms with E-state index in [2.05, 4.69) is 28.4 Å². The Morgan fingerprint density at radius 3 is 2.46 bits per heavy atom. The Hall–Kier alpha value is -3.57. The first-order valence-corrected chi connectivity index (χ1v) is 10.0. The van der Waals surface area contributed by atoms with Gasteiger partial charge in [0, 0.05) is 29.3 Å². The third-order valence-corrected chi connectivity index (χ3v) is 4.65. The molecular weight excluding hydrogens is 374 g/mol. The van der Waals surface area contributed by atoms with E-state index in [1.165, 1.54) is 18.3 Å². The minimum atomic E-state index is -3.40. The van der Waals surface area contributed by atoms with Crippen molar-refractivity contribution in [1.29, 1.82) is 0 Å². The zero-order valence-electron chi connectivity index (χ0n) is 15.6. The molecule has 0 atom stereocenters. The fourth-order valence-corrected chi connectivity index (χ4v) is 2.91. The maximum absolute atomic E-state index is 11.9. The number of nitrogens with zero attached hydrogens (tertiary/aromatic N) is 2. The molecule has 0 saturated carbocycles. The highest BCUT2D eigenvalue weighted by atomic mass is 32.2. The van der Waals surface area contributed by atoms with Gasteiger partial charge in [0.1, 0.15) is 11.6 Å². The van der Waals surface area contributed by atoms with E-state index in [4.69, 9.17) is 17.2 Å². The summed E-state index contributed by atoms with van der Waals surface area (Å²) in [5, 5.41) is 0. The van der Waals surface area contributed by atoms with E-state index >= 15 is 0 Å². The molecule has 144 valence electrons. The normalized spacial score (nSPS) is 12.6. The van der Waals surface area contributed by atoms with Gasteiger partial charge in [-0.2, -0.15) is 0 Å². The van der Waals surface area contributed by atoms with Gasteiger partial charge in [-0.3, -0.25) is 0 Å². The van der Waals surface area contributed by atoms with Crippen LogP contribution >= 0.6 is 0 Å². The molecule has 0 unspecified atom stereocenters. The minimum Gasteiger partial charge on any atom is -0.401 e. The van der Waals surface area contributed by atoms with Gasteiger partial charge in [0.2, 0.25) is 0 Å². The van der Waals surface area contributed by atoms with Gasteiger partial charge in [-0.05, 0) is 31.2 Å². The predicted molar refractivity (Wildman–Crippen MR) is 112 cm³/mol. The monoisotopic (exact) mass is 395 g/mol. The van der Waals surface area contributed by atoms with Gasteiger partial charge >= 0.3 is 0 Å². The molecule has 7 nitrogen and oxygen atoms in total. The van der Waals surface area contributed by atoms with E-state index in [-0.39, 0.29) is 10.7 Å². The number of nitrogens with two attached hydrogens (primary N) is 3. The highest BCUT2D eigenvalue weighted by Crippen LogP contribution is 2.17. The van der Waals surface area contributed by atoms with Crippen LogP contribution in [0.2, 0.25) is 0 Å². The molecule has 8 heteroatoms. The number of anilines is 1. The largest absolute Gasteiger partial charge is 0.401 e. The van der Waals surface area contributed by atoms with E-state index < -0.39 is 9.84 Å². The van der Waals surface area contributed by atoms with Gasteiger partial charge in [0.05, 0.1) is 16.2 Å². The van der Waals surface area contributed by atoms with Crippen molar-refractivity contribution in [1.82, 2.24) is 4.98 Å². The first-order chi connectivity index (χ1) is 13.1. The fourth-order valence-electron chi connectivity index (χ4n) is 2.24. The zero-order chi connectivity index (χ0) is 20.9. The number of pyridine rings is 1. The van der Waals surface area contributed by atoms with Crippen LogP contribution in [-0.4, -0.2) is 25.4 Å². The summed E-state index contributed by atoms with van der Waals surface area (Å²) in [5.74, 6) is 6.33.